The number of aromatic nitrogens is 2. The van der Waals surface area contributed by atoms with Crippen LogP contribution in [0, 0.1) is 18.3 Å². The molecule has 0 radical (unpaired) electrons. The molecular weight excluding hydrogens is 262 g/mol. The lowest BCUT2D eigenvalue weighted by atomic mass is 9.93. The molecule has 0 amide bonds. The molecule has 0 aliphatic carbocycles. The number of benzene rings is 1. The number of carbonyl (C=O) groups excluding carboxylic acids is 1. The Morgan fingerprint density at radius 3 is 2.81 bits per heavy atom. The number of hydrogen-bond donors (Lipinski definition) is 1. The van der Waals surface area contributed by atoms with Crippen LogP contribution in [0.1, 0.15) is 29.0 Å². The summed E-state index contributed by atoms with van der Waals surface area (Å²) in [5, 5.41) is 3.28. The third-order valence-electron chi connectivity index (χ3n) is 4.00. The summed E-state index contributed by atoms with van der Waals surface area (Å²) >= 11 is 0. The molecule has 1 aromatic carbocycles. The van der Waals surface area contributed by atoms with Crippen molar-refractivity contribution >= 4 is 5.78 Å². The molecule has 4 nitrogen and oxygen atoms in total. The smallest absolute Gasteiger partial charge is 0.202 e. The van der Waals surface area contributed by atoms with Gasteiger partial charge >= 0.3 is 0 Å². The van der Waals surface area contributed by atoms with E-state index in [0.29, 0.717) is 12.4 Å². The van der Waals surface area contributed by atoms with Gasteiger partial charge in [0, 0.05) is 18.7 Å². The summed E-state index contributed by atoms with van der Waals surface area (Å²) in [5.74, 6) is 0.741. The summed E-state index contributed by atoms with van der Waals surface area (Å²) in [4.78, 5) is 16.7. The van der Waals surface area contributed by atoms with Crippen LogP contribution in [0.15, 0.2) is 30.3 Å². The summed E-state index contributed by atoms with van der Waals surface area (Å²) in [5.41, 5.74) is 1.25. The maximum atomic E-state index is 12.5. The second kappa shape index (κ2) is 6.55. The SMILES string of the molecule is O=C(c1nc#cn1CCc1ccccc1)C1CCNCC1. The fraction of sp³-hybridized carbons (Fsp3) is 0.412. The summed E-state index contributed by atoms with van der Waals surface area (Å²) in [6.45, 7) is 2.54. The number of aryl methyl sites for hydroxylation is 1. The fourth-order valence-electron chi connectivity index (χ4n) is 2.75. The first-order chi connectivity index (χ1) is 10.3. The Balaban J connectivity index is 1.67. The van der Waals surface area contributed by atoms with E-state index >= 15 is 0 Å². The Labute approximate surface area is 125 Å². The second-order valence-corrected chi connectivity index (χ2v) is 5.43. The van der Waals surface area contributed by atoms with Gasteiger partial charge in [-0.2, -0.15) is 4.98 Å². The van der Waals surface area contributed by atoms with Crippen LogP contribution in [0.5, 0.6) is 0 Å². The molecule has 0 atom stereocenters. The number of hydrogen-bond acceptors (Lipinski definition) is 3. The zero-order chi connectivity index (χ0) is 14.5. The Bertz CT molecular complexity index is 585. The van der Waals surface area contributed by atoms with Crippen molar-refractivity contribution in [3.8, 4) is 0 Å². The van der Waals surface area contributed by atoms with Crippen molar-refractivity contribution in [1.29, 1.82) is 0 Å². The van der Waals surface area contributed by atoms with Crippen LogP contribution < -0.4 is 5.32 Å². The Hall–Kier alpha value is -2.12. The average Bonchev–Trinajstić information content (AvgIpc) is 3.02. The summed E-state index contributed by atoms with van der Waals surface area (Å²) in [6.07, 6.45) is 8.30. The molecule has 108 valence electrons. The predicted octanol–water partition coefficient (Wildman–Crippen LogP) is 1.91. The normalized spacial score (nSPS) is 15.6. The molecule has 1 aliphatic rings. The lowest BCUT2D eigenvalue weighted by molar-refractivity contribution is 0.0879. The fourth-order valence-corrected chi connectivity index (χ4v) is 2.75. The maximum absolute atomic E-state index is 12.5. The first kappa shape index (κ1) is 13.8. The number of rotatable bonds is 5. The van der Waals surface area contributed by atoms with Crippen LogP contribution in [0.25, 0.3) is 0 Å². The van der Waals surface area contributed by atoms with Crippen LogP contribution in [0.2, 0.25) is 0 Å². The average molecular weight is 281 g/mol. The van der Waals surface area contributed by atoms with Crippen molar-refractivity contribution in [2.75, 3.05) is 13.1 Å². The molecule has 3 rings (SSSR count). The Morgan fingerprint density at radius 1 is 1.29 bits per heavy atom. The van der Waals surface area contributed by atoms with E-state index in [1.54, 1.807) is 0 Å². The third kappa shape index (κ3) is 3.32. The first-order valence-corrected chi connectivity index (χ1v) is 7.49. The van der Waals surface area contributed by atoms with E-state index in [2.05, 4.69) is 34.8 Å². The highest BCUT2D eigenvalue weighted by Gasteiger charge is 2.25. The Morgan fingerprint density at radius 2 is 2.05 bits per heavy atom. The number of nitrogens with one attached hydrogen (secondary N) is 1. The lowest BCUT2D eigenvalue weighted by Crippen LogP contribution is -2.33. The van der Waals surface area contributed by atoms with E-state index in [4.69, 9.17) is 0 Å². The zero-order valence-electron chi connectivity index (χ0n) is 12.0. The largest absolute Gasteiger partial charge is 0.317 e. The molecule has 1 aromatic heterocycles. The van der Waals surface area contributed by atoms with Gasteiger partial charge in [0.05, 0.1) is 6.20 Å². The zero-order valence-corrected chi connectivity index (χ0v) is 12.0. The van der Waals surface area contributed by atoms with Crippen molar-refractivity contribution in [2.45, 2.75) is 25.8 Å². The van der Waals surface area contributed by atoms with Crippen LogP contribution in [0.4, 0.5) is 0 Å². The Kier molecular flexibility index (Phi) is 4.32. The third-order valence-corrected chi connectivity index (χ3v) is 4.00. The van der Waals surface area contributed by atoms with E-state index in [0.717, 1.165) is 32.4 Å². The van der Waals surface area contributed by atoms with E-state index < -0.39 is 0 Å². The van der Waals surface area contributed by atoms with E-state index in [-0.39, 0.29) is 11.7 Å². The van der Waals surface area contributed by atoms with Crippen molar-refractivity contribution < 1.29 is 4.79 Å². The van der Waals surface area contributed by atoms with Gasteiger partial charge in [-0.05, 0) is 37.9 Å². The predicted molar refractivity (Wildman–Crippen MR) is 80.0 cm³/mol. The van der Waals surface area contributed by atoms with Crippen molar-refractivity contribution in [1.82, 2.24) is 14.9 Å². The molecule has 4 heteroatoms. The minimum absolute atomic E-state index is 0.0888. The van der Waals surface area contributed by atoms with E-state index in [1.807, 2.05) is 22.8 Å². The van der Waals surface area contributed by atoms with E-state index in [9.17, 15) is 4.79 Å². The van der Waals surface area contributed by atoms with Gasteiger partial charge in [-0.25, -0.2) is 0 Å². The van der Waals surface area contributed by atoms with Gasteiger partial charge in [0.2, 0.25) is 5.78 Å². The molecule has 1 saturated heterocycles. The molecule has 21 heavy (non-hydrogen) atoms. The van der Waals surface area contributed by atoms with E-state index in [1.165, 1.54) is 5.56 Å². The molecule has 0 spiro atoms. The van der Waals surface area contributed by atoms with Gasteiger partial charge < -0.3 is 5.32 Å². The van der Waals surface area contributed by atoms with Crippen LogP contribution in [-0.4, -0.2) is 28.4 Å². The molecule has 1 fully saturated rings. The molecule has 0 saturated carbocycles. The molecule has 1 aliphatic heterocycles. The summed E-state index contributed by atoms with van der Waals surface area (Å²) in [7, 11) is 0. The topological polar surface area (TPSA) is 46.9 Å². The number of ketones is 1. The first-order valence-electron chi connectivity index (χ1n) is 7.49. The standard InChI is InChI=1S/C17H19N3O/c21-16(15-6-9-18-10-7-15)17-19-11-13-20(17)12-8-14-4-2-1-3-5-14/h1-5,15,18H,6-10,12H2. The number of piperidine rings is 1. The molecule has 1 N–H and O–H groups in total. The minimum atomic E-state index is 0.0888. The van der Waals surface area contributed by atoms with Crippen molar-refractivity contribution in [3.63, 3.8) is 0 Å². The molecule has 2 heterocycles. The molecular formula is C17H19N3O. The highest BCUT2D eigenvalue weighted by atomic mass is 16.1. The van der Waals surface area contributed by atoms with Crippen molar-refractivity contribution in [3.05, 3.63) is 54.1 Å². The van der Waals surface area contributed by atoms with Gasteiger partial charge in [-0.1, -0.05) is 30.3 Å². The molecule has 0 unspecified atom stereocenters. The van der Waals surface area contributed by atoms with Gasteiger partial charge in [0.15, 0.2) is 5.82 Å². The van der Waals surface area contributed by atoms with Gasteiger partial charge in [0.1, 0.15) is 0 Å². The van der Waals surface area contributed by atoms with Crippen LogP contribution >= 0.6 is 0 Å². The number of Topliss-reactive ketones (excluding diaryl/α,β-unsaturated/α-hetero) is 1. The second-order valence-electron chi connectivity index (χ2n) is 5.43. The molecule has 2 aromatic rings. The maximum Gasteiger partial charge on any atom is 0.202 e. The summed E-state index contributed by atoms with van der Waals surface area (Å²) in [6, 6.07) is 10.2. The number of nitrogens with zero attached hydrogens (tertiary/aromatic N) is 2. The highest BCUT2D eigenvalue weighted by molar-refractivity contribution is 5.94. The van der Waals surface area contributed by atoms with Gasteiger partial charge in [-0.3, -0.25) is 9.36 Å². The minimum Gasteiger partial charge on any atom is -0.317 e. The van der Waals surface area contributed by atoms with Crippen molar-refractivity contribution in [2.24, 2.45) is 5.92 Å². The van der Waals surface area contributed by atoms with Gasteiger partial charge in [0.25, 0.3) is 0 Å². The lowest BCUT2D eigenvalue weighted by Gasteiger charge is -2.21. The molecule has 0 bridgehead atoms. The quantitative estimate of drug-likeness (QED) is 0.852. The highest BCUT2D eigenvalue weighted by Crippen LogP contribution is 2.17. The monoisotopic (exact) mass is 281 g/mol. The summed E-state index contributed by atoms with van der Waals surface area (Å²) < 4.78 is 1.82. The van der Waals surface area contributed by atoms with Crippen LogP contribution in [0.3, 0.4) is 0 Å². The van der Waals surface area contributed by atoms with Gasteiger partial charge in [-0.15, -0.1) is 0 Å². The number of carbonyl (C=O) groups is 1. The van der Waals surface area contributed by atoms with Crippen LogP contribution in [-0.2, 0) is 13.0 Å².